The molecule has 0 fully saturated rings. The number of amides is 1. The van der Waals surface area contributed by atoms with Gasteiger partial charge in [0.05, 0.1) is 0 Å². The Bertz CT molecular complexity index is 877. The van der Waals surface area contributed by atoms with Gasteiger partial charge in [-0.2, -0.15) is 0 Å². The highest BCUT2D eigenvalue weighted by Crippen LogP contribution is 2.34. The minimum atomic E-state index is -0.114. The molecule has 1 N–H and O–H groups in total. The zero-order chi connectivity index (χ0) is 17.8. The van der Waals surface area contributed by atoms with E-state index in [2.05, 4.69) is 15.5 Å². The Balaban J connectivity index is 1.71. The fraction of sp³-hybridized carbons (Fsp3) is 0.118. The first-order valence-electron chi connectivity index (χ1n) is 7.30. The molecular weight excluding hydrogens is 397 g/mol. The van der Waals surface area contributed by atoms with Crippen LogP contribution in [0.15, 0.2) is 46.8 Å². The summed E-state index contributed by atoms with van der Waals surface area (Å²) in [7, 11) is 1.61. The van der Waals surface area contributed by atoms with Crippen LogP contribution in [-0.4, -0.2) is 23.2 Å². The Labute approximate surface area is 163 Å². The van der Waals surface area contributed by atoms with Gasteiger partial charge < -0.3 is 5.32 Å². The predicted octanol–water partition coefficient (Wildman–Crippen LogP) is 5.16. The third-order valence-corrected chi connectivity index (χ3v) is 6.27. The van der Waals surface area contributed by atoms with Crippen LogP contribution in [-0.2, 0) is 5.75 Å². The summed E-state index contributed by atoms with van der Waals surface area (Å²) in [4.78, 5) is 11.6. The van der Waals surface area contributed by atoms with Gasteiger partial charge in [-0.15, -0.1) is 10.2 Å². The average Bonchev–Trinajstić information content (AvgIpc) is 3.10. The summed E-state index contributed by atoms with van der Waals surface area (Å²) in [5.41, 5.74) is 2.43. The first kappa shape index (κ1) is 18.2. The highest BCUT2D eigenvalue weighted by molar-refractivity contribution is 8.00. The topological polar surface area (TPSA) is 54.9 Å². The number of aromatic nitrogens is 2. The zero-order valence-electron chi connectivity index (χ0n) is 13.1. The van der Waals surface area contributed by atoms with Gasteiger partial charge in [-0.1, -0.05) is 64.5 Å². The molecule has 0 aliphatic rings. The highest BCUT2D eigenvalue weighted by atomic mass is 35.5. The van der Waals surface area contributed by atoms with E-state index in [1.807, 2.05) is 30.3 Å². The van der Waals surface area contributed by atoms with Crippen molar-refractivity contribution >= 4 is 52.2 Å². The van der Waals surface area contributed by atoms with Gasteiger partial charge in [0.25, 0.3) is 5.91 Å². The maximum Gasteiger partial charge on any atom is 0.251 e. The number of carbonyl (C=O) groups excluding carboxylic acids is 1. The van der Waals surface area contributed by atoms with Crippen LogP contribution in [0.2, 0.25) is 10.0 Å². The Kier molecular flexibility index (Phi) is 5.96. The average molecular weight is 410 g/mol. The third-order valence-electron chi connectivity index (χ3n) is 3.43. The van der Waals surface area contributed by atoms with Crippen LogP contribution in [0, 0.1) is 0 Å². The van der Waals surface area contributed by atoms with Crippen LogP contribution in [0.1, 0.15) is 15.9 Å². The van der Waals surface area contributed by atoms with E-state index in [4.69, 9.17) is 23.2 Å². The van der Waals surface area contributed by atoms with E-state index in [1.165, 1.54) is 11.3 Å². The molecular formula is C17H13Cl2N3OS2. The molecule has 25 heavy (non-hydrogen) atoms. The lowest BCUT2D eigenvalue weighted by molar-refractivity contribution is 0.0963. The standard InChI is InChI=1S/C17H13Cl2N3OS2/c1-20-15(23)10-5-7-11(8-6-10)16-21-22-17(25-16)24-9-12-13(18)3-2-4-14(12)19/h2-8H,9H2,1H3,(H,20,23). The maximum atomic E-state index is 11.6. The molecule has 0 bridgehead atoms. The molecule has 2 aromatic carbocycles. The third kappa shape index (κ3) is 4.33. The second kappa shape index (κ2) is 8.19. The molecule has 128 valence electrons. The molecule has 1 aromatic heterocycles. The minimum Gasteiger partial charge on any atom is -0.355 e. The van der Waals surface area contributed by atoms with Crippen molar-refractivity contribution in [2.75, 3.05) is 7.05 Å². The van der Waals surface area contributed by atoms with E-state index < -0.39 is 0 Å². The van der Waals surface area contributed by atoms with Crippen molar-refractivity contribution in [3.05, 3.63) is 63.6 Å². The first-order chi connectivity index (χ1) is 12.1. The van der Waals surface area contributed by atoms with E-state index in [9.17, 15) is 4.79 Å². The number of nitrogens with zero attached hydrogens (tertiary/aromatic N) is 2. The van der Waals surface area contributed by atoms with Crippen LogP contribution >= 0.6 is 46.3 Å². The lowest BCUT2D eigenvalue weighted by Gasteiger charge is -2.04. The lowest BCUT2D eigenvalue weighted by Crippen LogP contribution is -2.17. The van der Waals surface area contributed by atoms with Gasteiger partial charge in [-0.3, -0.25) is 4.79 Å². The van der Waals surface area contributed by atoms with Crippen molar-refractivity contribution in [3.8, 4) is 10.6 Å². The summed E-state index contributed by atoms with van der Waals surface area (Å²) in [5.74, 6) is 0.514. The van der Waals surface area contributed by atoms with Crippen LogP contribution in [0.5, 0.6) is 0 Å². The van der Waals surface area contributed by atoms with Gasteiger partial charge in [0, 0.05) is 34.0 Å². The number of hydrogen-bond acceptors (Lipinski definition) is 5. The Morgan fingerprint density at radius 2 is 1.80 bits per heavy atom. The quantitative estimate of drug-likeness (QED) is 0.590. The molecule has 0 aliphatic heterocycles. The number of hydrogen-bond donors (Lipinski definition) is 1. The normalized spacial score (nSPS) is 10.7. The van der Waals surface area contributed by atoms with Crippen LogP contribution in [0.25, 0.3) is 10.6 Å². The molecule has 4 nitrogen and oxygen atoms in total. The molecule has 0 radical (unpaired) electrons. The van der Waals surface area contributed by atoms with E-state index in [0.717, 1.165) is 20.5 Å². The number of carbonyl (C=O) groups is 1. The van der Waals surface area contributed by atoms with E-state index in [-0.39, 0.29) is 5.91 Å². The van der Waals surface area contributed by atoms with Crippen molar-refractivity contribution < 1.29 is 4.79 Å². The fourth-order valence-corrected chi connectivity index (χ4v) is 4.70. The summed E-state index contributed by atoms with van der Waals surface area (Å²) in [5, 5.41) is 13.1. The van der Waals surface area contributed by atoms with Crippen molar-refractivity contribution in [1.82, 2.24) is 15.5 Å². The summed E-state index contributed by atoms with van der Waals surface area (Å²) in [6, 6.07) is 12.7. The molecule has 1 amide bonds. The summed E-state index contributed by atoms with van der Waals surface area (Å²) in [6.07, 6.45) is 0. The highest BCUT2D eigenvalue weighted by Gasteiger charge is 2.11. The summed E-state index contributed by atoms with van der Waals surface area (Å²) < 4.78 is 0.835. The second-order valence-electron chi connectivity index (χ2n) is 5.02. The molecule has 3 rings (SSSR count). The molecule has 1 heterocycles. The Morgan fingerprint density at radius 1 is 1.12 bits per heavy atom. The molecule has 3 aromatic rings. The van der Waals surface area contributed by atoms with E-state index >= 15 is 0 Å². The van der Waals surface area contributed by atoms with Gasteiger partial charge >= 0.3 is 0 Å². The molecule has 0 spiro atoms. The molecule has 0 saturated heterocycles. The van der Waals surface area contributed by atoms with Gasteiger partial charge in [-0.05, 0) is 29.8 Å². The molecule has 0 unspecified atom stereocenters. The zero-order valence-corrected chi connectivity index (χ0v) is 16.3. The predicted molar refractivity (Wildman–Crippen MR) is 105 cm³/mol. The van der Waals surface area contributed by atoms with Crippen LogP contribution in [0.3, 0.4) is 0 Å². The first-order valence-corrected chi connectivity index (χ1v) is 9.86. The maximum absolute atomic E-state index is 11.6. The SMILES string of the molecule is CNC(=O)c1ccc(-c2nnc(SCc3c(Cl)cccc3Cl)s2)cc1. The number of rotatable bonds is 5. The van der Waals surface area contributed by atoms with Crippen molar-refractivity contribution in [1.29, 1.82) is 0 Å². The lowest BCUT2D eigenvalue weighted by atomic mass is 10.1. The molecule has 0 aliphatic carbocycles. The van der Waals surface area contributed by atoms with E-state index in [1.54, 1.807) is 30.9 Å². The van der Waals surface area contributed by atoms with Gasteiger partial charge in [0.1, 0.15) is 5.01 Å². The largest absolute Gasteiger partial charge is 0.355 e. The molecule has 8 heteroatoms. The minimum absolute atomic E-state index is 0.114. The van der Waals surface area contributed by atoms with E-state index in [0.29, 0.717) is 21.4 Å². The van der Waals surface area contributed by atoms with Crippen molar-refractivity contribution in [2.24, 2.45) is 0 Å². The summed E-state index contributed by atoms with van der Waals surface area (Å²) in [6.45, 7) is 0. The second-order valence-corrected chi connectivity index (χ2v) is 8.03. The Morgan fingerprint density at radius 3 is 2.44 bits per heavy atom. The molecule has 0 atom stereocenters. The molecule has 0 saturated carbocycles. The van der Waals surface area contributed by atoms with Crippen LogP contribution in [0.4, 0.5) is 0 Å². The fourth-order valence-electron chi connectivity index (χ4n) is 2.10. The number of nitrogens with one attached hydrogen (secondary N) is 1. The van der Waals surface area contributed by atoms with Gasteiger partial charge in [-0.25, -0.2) is 0 Å². The van der Waals surface area contributed by atoms with Gasteiger partial charge in [0.15, 0.2) is 4.34 Å². The van der Waals surface area contributed by atoms with Crippen molar-refractivity contribution in [2.45, 2.75) is 10.1 Å². The number of benzene rings is 2. The smallest absolute Gasteiger partial charge is 0.251 e. The number of halogens is 2. The van der Waals surface area contributed by atoms with Crippen molar-refractivity contribution in [3.63, 3.8) is 0 Å². The summed E-state index contributed by atoms with van der Waals surface area (Å²) >= 11 is 15.4. The van der Waals surface area contributed by atoms with Gasteiger partial charge in [0.2, 0.25) is 0 Å². The van der Waals surface area contributed by atoms with Crippen LogP contribution < -0.4 is 5.32 Å². The Hall–Kier alpha value is -1.60. The monoisotopic (exact) mass is 409 g/mol. The number of thioether (sulfide) groups is 1.